The summed E-state index contributed by atoms with van der Waals surface area (Å²) < 4.78 is 4.98. The van der Waals surface area contributed by atoms with Crippen LogP contribution in [0.5, 0.6) is 0 Å². The molecule has 0 spiro atoms. The Hall–Kier alpha value is -2.11. The minimum Gasteiger partial charge on any atom is -0.472 e. The minimum atomic E-state index is -0.0198. The second-order valence-corrected chi connectivity index (χ2v) is 7.98. The first-order chi connectivity index (χ1) is 12.6. The van der Waals surface area contributed by atoms with Crippen molar-refractivity contribution < 1.29 is 18.8 Å². The van der Waals surface area contributed by atoms with Crippen LogP contribution in [0.2, 0.25) is 0 Å². The molecule has 0 radical (unpaired) electrons. The maximum atomic E-state index is 12.7. The van der Waals surface area contributed by atoms with E-state index in [2.05, 4.69) is 5.32 Å². The summed E-state index contributed by atoms with van der Waals surface area (Å²) in [4.78, 5) is 39.0. The van der Waals surface area contributed by atoms with E-state index in [9.17, 15) is 14.4 Å². The number of piperidine rings is 1. The molecule has 0 aromatic carbocycles. The van der Waals surface area contributed by atoms with E-state index in [0.717, 1.165) is 44.9 Å². The van der Waals surface area contributed by atoms with E-state index in [4.69, 9.17) is 4.42 Å². The lowest BCUT2D eigenvalue weighted by molar-refractivity contribution is -0.138. The van der Waals surface area contributed by atoms with Gasteiger partial charge in [-0.1, -0.05) is 6.42 Å². The molecule has 1 unspecified atom stereocenters. The second-order valence-electron chi connectivity index (χ2n) is 7.98. The molecule has 140 valence electrons. The maximum absolute atomic E-state index is 12.7. The lowest BCUT2D eigenvalue weighted by Crippen LogP contribution is -2.49. The molecule has 6 nitrogen and oxygen atoms in total. The van der Waals surface area contributed by atoms with Crippen molar-refractivity contribution in [1.82, 2.24) is 10.2 Å². The van der Waals surface area contributed by atoms with Crippen molar-refractivity contribution in [3.63, 3.8) is 0 Å². The van der Waals surface area contributed by atoms with E-state index in [1.54, 1.807) is 6.07 Å². The molecular formula is C20H26N2O4. The van der Waals surface area contributed by atoms with Gasteiger partial charge in [-0.15, -0.1) is 0 Å². The summed E-state index contributed by atoms with van der Waals surface area (Å²) >= 11 is 0. The van der Waals surface area contributed by atoms with Gasteiger partial charge in [0.1, 0.15) is 12.0 Å². The first-order valence-corrected chi connectivity index (χ1v) is 9.77. The number of ketones is 1. The average Bonchev–Trinajstić information content (AvgIpc) is 3.16. The molecule has 2 bridgehead atoms. The number of nitrogens with one attached hydrogen (secondary N) is 1. The Bertz CT molecular complexity index is 660. The number of nitrogens with zero attached hydrogens (tertiary/aromatic N) is 1. The molecule has 1 aromatic rings. The highest BCUT2D eigenvalue weighted by molar-refractivity contribution is 5.94. The number of furan rings is 1. The Morgan fingerprint density at radius 2 is 1.77 bits per heavy atom. The highest BCUT2D eigenvalue weighted by Gasteiger charge is 2.41. The fourth-order valence-electron chi connectivity index (χ4n) is 4.81. The van der Waals surface area contributed by atoms with E-state index in [0.29, 0.717) is 24.4 Å². The van der Waals surface area contributed by atoms with E-state index in [1.807, 2.05) is 4.90 Å². The number of amides is 2. The van der Waals surface area contributed by atoms with Crippen molar-refractivity contribution in [3.05, 3.63) is 24.2 Å². The zero-order chi connectivity index (χ0) is 18.1. The number of hydrogen-bond donors (Lipinski definition) is 1. The van der Waals surface area contributed by atoms with E-state index < -0.39 is 0 Å². The largest absolute Gasteiger partial charge is 0.472 e. The summed E-state index contributed by atoms with van der Waals surface area (Å²) in [6, 6.07) is 1.80. The third-order valence-corrected chi connectivity index (χ3v) is 6.32. The molecular weight excluding hydrogens is 332 g/mol. The molecule has 2 heterocycles. The van der Waals surface area contributed by atoms with Crippen LogP contribution in [-0.4, -0.2) is 41.6 Å². The first-order valence-electron chi connectivity index (χ1n) is 9.77. The lowest BCUT2D eigenvalue weighted by atomic mass is 9.67. The van der Waals surface area contributed by atoms with Crippen LogP contribution in [-0.2, 0) is 9.59 Å². The van der Waals surface area contributed by atoms with Gasteiger partial charge in [0, 0.05) is 36.9 Å². The normalized spacial score (nSPS) is 29.5. The Labute approximate surface area is 153 Å². The number of carbonyl (C=O) groups excluding carboxylic acids is 3. The van der Waals surface area contributed by atoms with Gasteiger partial charge in [-0.05, 0) is 44.6 Å². The van der Waals surface area contributed by atoms with Gasteiger partial charge in [0.05, 0.1) is 11.8 Å². The van der Waals surface area contributed by atoms with Crippen LogP contribution in [0.3, 0.4) is 0 Å². The molecule has 2 amide bonds. The van der Waals surface area contributed by atoms with Gasteiger partial charge in [-0.25, -0.2) is 0 Å². The van der Waals surface area contributed by atoms with Crippen LogP contribution in [0.4, 0.5) is 0 Å². The molecule has 26 heavy (non-hydrogen) atoms. The highest BCUT2D eigenvalue weighted by Crippen LogP contribution is 2.40. The van der Waals surface area contributed by atoms with Crippen molar-refractivity contribution >= 4 is 17.6 Å². The molecule has 1 aromatic heterocycles. The zero-order valence-corrected chi connectivity index (χ0v) is 15.0. The predicted octanol–water partition coefficient (Wildman–Crippen LogP) is 2.40. The van der Waals surface area contributed by atoms with Gasteiger partial charge in [-0.2, -0.15) is 0 Å². The van der Waals surface area contributed by atoms with E-state index in [1.165, 1.54) is 12.5 Å². The monoisotopic (exact) mass is 358 g/mol. The number of rotatable bonds is 3. The number of Topliss-reactive ketones (excluding diaryl/α,β-unsaturated/α-hetero) is 1. The summed E-state index contributed by atoms with van der Waals surface area (Å²) in [6.07, 6.45) is 8.99. The summed E-state index contributed by atoms with van der Waals surface area (Å²) in [5.74, 6) is 0.677. The Morgan fingerprint density at radius 3 is 2.38 bits per heavy atom. The summed E-state index contributed by atoms with van der Waals surface area (Å²) in [7, 11) is 0. The van der Waals surface area contributed by atoms with Gasteiger partial charge in [0.15, 0.2) is 0 Å². The fraction of sp³-hybridized carbons (Fsp3) is 0.650. The average molecular weight is 358 g/mol. The van der Waals surface area contributed by atoms with Crippen LogP contribution >= 0.6 is 0 Å². The van der Waals surface area contributed by atoms with Crippen LogP contribution in [0, 0.1) is 17.8 Å². The molecule has 2 saturated carbocycles. The predicted molar refractivity (Wildman–Crippen MR) is 94.3 cm³/mol. The zero-order valence-electron chi connectivity index (χ0n) is 15.0. The second kappa shape index (κ2) is 7.25. The highest BCUT2D eigenvalue weighted by atomic mass is 16.3. The SMILES string of the molecule is O=C(NC1CCN(C(=O)c2ccoc2)CC1)C1C[C@H]2CCC[C@@H](C1)C2=O. The Balaban J connectivity index is 1.27. The molecule has 3 atom stereocenters. The molecule has 1 N–H and O–H groups in total. The molecule has 3 fully saturated rings. The molecule has 6 heteroatoms. The standard InChI is InChI=1S/C20H26N2O4/c23-18-13-2-1-3-14(18)11-16(10-13)19(24)21-17-4-7-22(8-5-17)20(25)15-6-9-26-12-15/h6,9,12-14,16-17H,1-5,7-8,10-11H2,(H,21,24)/t13-,14+,16?. The van der Waals surface area contributed by atoms with Crippen molar-refractivity contribution in [2.24, 2.45) is 17.8 Å². The van der Waals surface area contributed by atoms with E-state index >= 15 is 0 Å². The van der Waals surface area contributed by atoms with Crippen molar-refractivity contribution in [2.75, 3.05) is 13.1 Å². The molecule has 3 aliphatic rings. The molecule has 1 aliphatic heterocycles. The lowest BCUT2D eigenvalue weighted by Gasteiger charge is -2.38. The quantitative estimate of drug-likeness (QED) is 0.900. The van der Waals surface area contributed by atoms with Crippen LogP contribution in [0.25, 0.3) is 0 Å². The smallest absolute Gasteiger partial charge is 0.257 e. The van der Waals surface area contributed by atoms with Crippen molar-refractivity contribution in [2.45, 2.75) is 51.0 Å². The number of carbonyl (C=O) groups is 3. The van der Waals surface area contributed by atoms with Gasteiger partial charge in [-0.3, -0.25) is 14.4 Å². The summed E-state index contributed by atoms with van der Waals surface area (Å²) in [5, 5.41) is 3.18. The number of hydrogen-bond acceptors (Lipinski definition) is 4. The Morgan fingerprint density at radius 1 is 1.08 bits per heavy atom. The topological polar surface area (TPSA) is 79.6 Å². The van der Waals surface area contributed by atoms with Gasteiger partial charge >= 0.3 is 0 Å². The Kier molecular flexibility index (Phi) is 4.83. The van der Waals surface area contributed by atoms with Crippen molar-refractivity contribution in [3.8, 4) is 0 Å². The van der Waals surface area contributed by atoms with Crippen molar-refractivity contribution in [1.29, 1.82) is 0 Å². The van der Waals surface area contributed by atoms with Crippen LogP contribution < -0.4 is 5.32 Å². The fourth-order valence-corrected chi connectivity index (χ4v) is 4.81. The number of likely N-dealkylation sites (tertiary alicyclic amines) is 1. The van der Waals surface area contributed by atoms with Crippen LogP contribution in [0.1, 0.15) is 55.3 Å². The molecule has 2 aliphatic carbocycles. The molecule has 4 rings (SSSR count). The third kappa shape index (κ3) is 3.41. The van der Waals surface area contributed by atoms with E-state index in [-0.39, 0.29) is 35.6 Å². The third-order valence-electron chi connectivity index (χ3n) is 6.32. The minimum absolute atomic E-state index is 0.0119. The van der Waals surface area contributed by atoms with Gasteiger partial charge in [0.2, 0.25) is 5.91 Å². The van der Waals surface area contributed by atoms with Gasteiger partial charge in [0.25, 0.3) is 5.91 Å². The van der Waals surface area contributed by atoms with Gasteiger partial charge < -0.3 is 14.6 Å². The van der Waals surface area contributed by atoms with Crippen LogP contribution in [0.15, 0.2) is 23.0 Å². The maximum Gasteiger partial charge on any atom is 0.257 e. The molecule has 1 saturated heterocycles. The first kappa shape index (κ1) is 17.3. The number of fused-ring (bicyclic) bond motifs is 2. The summed E-state index contributed by atoms with van der Waals surface area (Å²) in [5.41, 5.74) is 0.575. The summed E-state index contributed by atoms with van der Waals surface area (Å²) in [6.45, 7) is 1.28.